The van der Waals surface area contributed by atoms with Crippen molar-refractivity contribution in [1.82, 2.24) is 5.32 Å². The first-order valence-electron chi connectivity index (χ1n) is 6.93. The van der Waals surface area contributed by atoms with Gasteiger partial charge in [0.2, 0.25) is 0 Å². The van der Waals surface area contributed by atoms with Crippen molar-refractivity contribution in [1.29, 1.82) is 0 Å². The van der Waals surface area contributed by atoms with Crippen LogP contribution >= 0.6 is 0 Å². The summed E-state index contributed by atoms with van der Waals surface area (Å²) < 4.78 is 26.9. The molecular formula is C17H19F2N. The van der Waals surface area contributed by atoms with Gasteiger partial charge in [0, 0.05) is 17.7 Å². The quantitative estimate of drug-likeness (QED) is 0.831. The van der Waals surface area contributed by atoms with Crippen LogP contribution in [-0.2, 0) is 6.42 Å². The lowest BCUT2D eigenvalue weighted by Gasteiger charge is -2.19. The Morgan fingerprint density at radius 2 is 1.80 bits per heavy atom. The van der Waals surface area contributed by atoms with E-state index in [1.807, 2.05) is 25.1 Å². The number of aryl methyl sites for hydroxylation is 1. The first-order chi connectivity index (χ1) is 9.70. The number of hydrogen-bond donors (Lipinski definition) is 1. The zero-order valence-corrected chi connectivity index (χ0v) is 11.6. The van der Waals surface area contributed by atoms with Crippen molar-refractivity contribution in [2.24, 2.45) is 0 Å². The lowest BCUT2D eigenvalue weighted by atomic mass is 9.98. The Kier molecular flexibility index (Phi) is 5.24. The molecule has 0 heterocycles. The van der Waals surface area contributed by atoms with Gasteiger partial charge in [-0.15, -0.1) is 0 Å². The third-order valence-corrected chi connectivity index (χ3v) is 3.35. The predicted molar refractivity (Wildman–Crippen MR) is 77.5 cm³/mol. The van der Waals surface area contributed by atoms with Crippen LogP contribution < -0.4 is 5.32 Å². The molecule has 0 aliphatic rings. The second-order valence-corrected chi connectivity index (χ2v) is 4.80. The van der Waals surface area contributed by atoms with E-state index in [0.29, 0.717) is 5.56 Å². The highest BCUT2D eigenvalue weighted by Gasteiger charge is 2.15. The molecule has 0 bridgehead atoms. The van der Waals surface area contributed by atoms with Gasteiger partial charge in [0.1, 0.15) is 11.6 Å². The molecule has 0 saturated carbocycles. The van der Waals surface area contributed by atoms with E-state index in [4.69, 9.17) is 0 Å². The molecule has 1 N–H and O–H groups in total. The van der Waals surface area contributed by atoms with Crippen LogP contribution in [0.5, 0.6) is 0 Å². The highest BCUT2D eigenvalue weighted by Crippen LogP contribution is 2.22. The van der Waals surface area contributed by atoms with E-state index in [1.54, 1.807) is 0 Å². The summed E-state index contributed by atoms with van der Waals surface area (Å²) in [7, 11) is 0. The SMILES string of the molecule is CCNC(CCc1ccccc1)c1ccc(F)cc1F. The standard InChI is InChI=1S/C17H19F2N/c1-2-20-17(11-8-13-6-4-3-5-7-13)15-10-9-14(18)12-16(15)19/h3-7,9-10,12,17,20H,2,8,11H2,1H3. The van der Waals surface area contributed by atoms with Crippen LogP contribution in [0, 0.1) is 11.6 Å². The fraction of sp³-hybridized carbons (Fsp3) is 0.294. The molecular weight excluding hydrogens is 256 g/mol. The smallest absolute Gasteiger partial charge is 0.130 e. The highest BCUT2D eigenvalue weighted by atomic mass is 19.1. The van der Waals surface area contributed by atoms with E-state index >= 15 is 0 Å². The Morgan fingerprint density at radius 1 is 1.05 bits per heavy atom. The van der Waals surface area contributed by atoms with Gasteiger partial charge in [-0.3, -0.25) is 0 Å². The molecule has 106 valence electrons. The molecule has 0 radical (unpaired) electrons. The molecule has 2 aromatic rings. The highest BCUT2D eigenvalue weighted by molar-refractivity contribution is 5.23. The third-order valence-electron chi connectivity index (χ3n) is 3.35. The van der Waals surface area contributed by atoms with Gasteiger partial charge >= 0.3 is 0 Å². The van der Waals surface area contributed by atoms with Gasteiger partial charge in [0.25, 0.3) is 0 Å². The Labute approximate surface area is 118 Å². The van der Waals surface area contributed by atoms with E-state index < -0.39 is 11.6 Å². The van der Waals surface area contributed by atoms with Gasteiger partial charge in [-0.05, 0) is 31.0 Å². The Balaban J connectivity index is 2.10. The summed E-state index contributed by atoms with van der Waals surface area (Å²) in [6, 6.07) is 13.8. The molecule has 0 aliphatic heterocycles. The minimum Gasteiger partial charge on any atom is -0.310 e. The molecule has 0 amide bonds. The molecule has 2 aromatic carbocycles. The number of nitrogens with one attached hydrogen (secondary N) is 1. The summed E-state index contributed by atoms with van der Waals surface area (Å²) in [5, 5.41) is 3.27. The van der Waals surface area contributed by atoms with Crippen molar-refractivity contribution in [3.05, 3.63) is 71.3 Å². The topological polar surface area (TPSA) is 12.0 Å². The van der Waals surface area contributed by atoms with Crippen LogP contribution in [0.25, 0.3) is 0 Å². The predicted octanol–water partition coefficient (Wildman–Crippen LogP) is 4.25. The van der Waals surface area contributed by atoms with Crippen molar-refractivity contribution < 1.29 is 8.78 Å². The summed E-state index contributed by atoms with van der Waals surface area (Å²) >= 11 is 0. The van der Waals surface area contributed by atoms with Crippen LogP contribution in [0.1, 0.15) is 30.5 Å². The van der Waals surface area contributed by atoms with Crippen LogP contribution in [0.4, 0.5) is 8.78 Å². The summed E-state index contributed by atoms with van der Waals surface area (Å²) in [5.41, 5.74) is 1.75. The maximum atomic E-state index is 13.9. The second-order valence-electron chi connectivity index (χ2n) is 4.80. The summed E-state index contributed by atoms with van der Waals surface area (Å²) in [6.07, 6.45) is 1.63. The van der Waals surface area contributed by atoms with Crippen molar-refractivity contribution in [3.8, 4) is 0 Å². The molecule has 0 spiro atoms. The average molecular weight is 275 g/mol. The zero-order valence-electron chi connectivity index (χ0n) is 11.6. The lowest BCUT2D eigenvalue weighted by molar-refractivity contribution is 0.480. The van der Waals surface area contributed by atoms with Crippen LogP contribution in [0.3, 0.4) is 0 Å². The van der Waals surface area contributed by atoms with E-state index in [2.05, 4.69) is 17.4 Å². The van der Waals surface area contributed by atoms with Gasteiger partial charge in [-0.2, -0.15) is 0 Å². The maximum Gasteiger partial charge on any atom is 0.130 e. The first-order valence-corrected chi connectivity index (χ1v) is 6.93. The molecule has 0 aliphatic carbocycles. The Bertz CT molecular complexity index is 540. The second kappa shape index (κ2) is 7.15. The van der Waals surface area contributed by atoms with E-state index in [9.17, 15) is 8.78 Å². The van der Waals surface area contributed by atoms with E-state index in [0.717, 1.165) is 25.5 Å². The minimum atomic E-state index is -0.537. The summed E-state index contributed by atoms with van der Waals surface area (Å²) in [5.74, 6) is -1.02. The van der Waals surface area contributed by atoms with Crippen molar-refractivity contribution in [2.45, 2.75) is 25.8 Å². The fourth-order valence-corrected chi connectivity index (χ4v) is 2.35. The van der Waals surface area contributed by atoms with Crippen LogP contribution in [-0.4, -0.2) is 6.54 Å². The van der Waals surface area contributed by atoms with Crippen LogP contribution in [0.2, 0.25) is 0 Å². The van der Waals surface area contributed by atoms with E-state index in [1.165, 1.54) is 17.7 Å². The normalized spacial score (nSPS) is 12.3. The molecule has 20 heavy (non-hydrogen) atoms. The molecule has 3 heteroatoms. The Hall–Kier alpha value is -1.74. The van der Waals surface area contributed by atoms with Gasteiger partial charge in [0.05, 0.1) is 0 Å². The number of halogens is 2. The van der Waals surface area contributed by atoms with Crippen molar-refractivity contribution >= 4 is 0 Å². The largest absolute Gasteiger partial charge is 0.310 e. The fourth-order valence-electron chi connectivity index (χ4n) is 2.35. The third kappa shape index (κ3) is 3.87. The number of benzene rings is 2. The lowest BCUT2D eigenvalue weighted by Crippen LogP contribution is -2.22. The monoisotopic (exact) mass is 275 g/mol. The molecule has 1 atom stereocenters. The van der Waals surface area contributed by atoms with Crippen molar-refractivity contribution in [2.75, 3.05) is 6.54 Å². The summed E-state index contributed by atoms with van der Waals surface area (Å²) in [4.78, 5) is 0. The van der Waals surface area contributed by atoms with E-state index in [-0.39, 0.29) is 6.04 Å². The van der Waals surface area contributed by atoms with Gasteiger partial charge < -0.3 is 5.32 Å². The van der Waals surface area contributed by atoms with Gasteiger partial charge in [-0.25, -0.2) is 8.78 Å². The van der Waals surface area contributed by atoms with Crippen molar-refractivity contribution in [3.63, 3.8) is 0 Å². The number of hydrogen-bond acceptors (Lipinski definition) is 1. The minimum absolute atomic E-state index is 0.0965. The number of rotatable bonds is 6. The molecule has 1 unspecified atom stereocenters. The molecule has 0 fully saturated rings. The summed E-state index contributed by atoms with van der Waals surface area (Å²) in [6.45, 7) is 2.73. The molecule has 2 rings (SSSR count). The maximum absolute atomic E-state index is 13.9. The molecule has 1 nitrogen and oxygen atoms in total. The zero-order chi connectivity index (χ0) is 14.4. The van der Waals surface area contributed by atoms with Crippen LogP contribution in [0.15, 0.2) is 48.5 Å². The Morgan fingerprint density at radius 3 is 2.45 bits per heavy atom. The first kappa shape index (κ1) is 14.7. The van der Waals surface area contributed by atoms with Gasteiger partial charge in [0.15, 0.2) is 0 Å². The molecule has 0 saturated heterocycles. The average Bonchev–Trinajstić information content (AvgIpc) is 2.45. The van der Waals surface area contributed by atoms with Gasteiger partial charge in [-0.1, -0.05) is 43.3 Å². The molecule has 0 aromatic heterocycles.